The lowest BCUT2D eigenvalue weighted by Gasteiger charge is -2.38. The Kier molecular flexibility index (Phi) is 9.83. The Balaban J connectivity index is 1.74. The van der Waals surface area contributed by atoms with Crippen molar-refractivity contribution >= 4 is 35.2 Å². The molecule has 1 spiro atoms. The molecule has 40 heavy (non-hydrogen) atoms. The highest BCUT2D eigenvalue weighted by atomic mass is 32.2. The maximum absolute atomic E-state index is 14.4. The second kappa shape index (κ2) is 12.9. The Morgan fingerprint density at radius 1 is 1.07 bits per heavy atom. The van der Waals surface area contributed by atoms with Crippen molar-refractivity contribution < 1.29 is 19.5 Å². The van der Waals surface area contributed by atoms with Gasteiger partial charge in [0.1, 0.15) is 6.04 Å². The summed E-state index contributed by atoms with van der Waals surface area (Å²) in [6, 6.07) is 8.92. The summed E-state index contributed by atoms with van der Waals surface area (Å²) in [7, 11) is 0. The first-order valence-corrected chi connectivity index (χ1v) is 15.6. The predicted octanol–water partition coefficient (Wildman–Crippen LogP) is 4.66. The van der Waals surface area contributed by atoms with Crippen LogP contribution < -0.4 is 4.90 Å². The number of hydrogen-bond acceptors (Lipinski definition) is 5. The number of thioether (sulfide) groups is 1. The molecule has 1 aromatic rings. The average molecular weight is 568 g/mol. The summed E-state index contributed by atoms with van der Waals surface area (Å²) in [6.07, 6.45) is 9.13. The van der Waals surface area contributed by atoms with E-state index in [0.717, 1.165) is 37.8 Å². The topological polar surface area (TPSA) is 81.2 Å². The van der Waals surface area contributed by atoms with Gasteiger partial charge in [-0.1, -0.05) is 50.1 Å². The monoisotopic (exact) mass is 567 g/mol. The van der Waals surface area contributed by atoms with Gasteiger partial charge in [0.25, 0.3) is 0 Å². The van der Waals surface area contributed by atoms with E-state index in [1.165, 1.54) is 0 Å². The first kappa shape index (κ1) is 30.4. The van der Waals surface area contributed by atoms with E-state index in [0.29, 0.717) is 39.0 Å². The normalized spacial score (nSPS) is 28.4. The molecule has 7 nitrogen and oxygen atoms in total. The van der Waals surface area contributed by atoms with Crippen molar-refractivity contribution in [3.63, 3.8) is 0 Å². The van der Waals surface area contributed by atoms with Crippen LogP contribution in [0.2, 0.25) is 0 Å². The van der Waals surface area contributed by atoms with Crippen LogP contribution >= 0.6 is 11.8 Å². The van der Waals surface area contributed by atoms with Crippen LogP contribution in [0.4, 0.5) is 5.69 Å². The van der Waals surface area contributed by atoms with Crippen molar-refractivity contribution in [1.82, 2.24) is 9.80 Å². The van der Waals surface area contributed by atoms with Crippen molar-refractivity contribution in [2.24, 2.45) is 11.8 Å². The van der Waals surface area contributed by atoms with E-state index in [2.05, 4.69) is 27.0 Å². The molecular formula is C32H45N3O4S. The minimum absolute atomic E-state index is 0.0355. The molecule has 3 aliphatic heterocycles. The van der Waals surface area contributed by atoms with Gasteiger partial charge in [-0.2, -0.15) is 0 Å². The largest absolute Gasteiger partial charge is 0.396 e. The zero-order valence-electron chi connectivity index (χ0n) is 24.1. The van der Waals surface area contributed by atoms with Crippen LogP contribution in [0, 0.1) is 11.8 Å². The fraction of sp³-hybridized carbons (Fsp3) is 0.594. The molecule has 3 aliphatic rings. The molecule has 1 N–H and O–H groups in total. The highest BCUT2D eigenvalue weighted by molar-refractivity contribution is 8.02. The third-order valence-corrected chi connectivity index (χ3v) is 10.9. The molecule has 218 valence electrons. The summed E-state index contributed by atoms with van der Waals surface area (Å²) in [4.78, 5) is 48.5. The number of rotatable bonds is 15. The standard InChI is InChI=1S/C32H45N3O4S/c1-5-8-12-21-33(19-6-2)30(39)27-32-18-17-31(4,40-32)25(26(32)29(38)35(27)22-13-14-23-36)28(37)34(20-7-3)24-15-10-9-11-16-24/h6-7,9-11,15-16,25-27,36H,2-3,5,8,12-14,17-23H2,1,4H3/t25-,26+,27?,31+,32?/m1/s1. The van der Waals surface area contributed by atoms with Crippen LogP contribution in [0.3, 0.4) is 0 Å². The second-order valence-electron chi connectivity index (χ2n) is 11.5. The van der Waals surface area contributed by atoms with Crippen molar-refractivity contribution in [2.75, 3.05) is 37.7 Å². The first-order valence-electron chi connectivity index (χ1n) is 14.8. The zero-order valence-corrected chi connectivity index (χ0v) is 24.9. The molecule has 1 aromatic carbocycles. The lowest BCUT2D eigenvalue weighted by atomic mass is 9.66. The Labute approximate surface area is 243 Å². The van der Waals surface area contributed by atoms with Gasteiger partial charge in [-0.3, -0.25) is 14.4 Å². The molecule has 0 radical (unpaired) electrons. The quantitative estimate of drug-likeness (QED) is 0.246. The van der Waals surface area contributed by atoms with Gasteiger partial charge in [0.15, 0.2) is 0 Å². The van der Waals surface area contributed by atoms with Crippen molar-refractivity contribution in [2.45, 2.75) is 74.3 Å². The fourth-order valence-corrected chi connectivity index (χ4v) is 9.46. The number of aliphatic hydroxyl groups excluding tert-OH is 1. The molecule has 2 unspecified atom stereocenters. The minimum atomic E-state index is -0.650. The highest BCUT2D eigenvalue weighted by Gasteiger charge is 2.77. The van der Waals surface area contributed by atoms with E-state index in [4.69, 9.17) is 0 Å². The SMILES string of the molecule is C=CCN(CCCCC)C(=O)C1N(CCCCO)C(=O)[C@@H]2[C@H](C(=O)N(CC=C)c3ccccc3)[C@]3(C)CCC12S3. The molecule has 3 amide bonds. The van der Waals surface area contributed by atoms with Crippen LogP contribution in [0.1, 0.15) is 58.8 Å². The molecule has 4 rings (SSSR count). The molecule has 3 saturated heterocycles. The molecule has 5 atom stereocenters. The highest BCUT2D eigenvalue weighted by Crippen LogP contribution is 2.71. The van der Waals surface area contributed by atoms with Gasteiger partial charge in [0, 0.05) is 43.2 Å². The number of amides is 3. The third kappa shape index (κ3) is 5.37. The Morgan fingerprint density at radius 3 is 2.45 bits per heavy atom. The van der Waals surface area contributed by atoms with Crippen molar-refractivity contribution in [1.29, 1.82) is 0 Å². The molecular weight excluding hydrogens is 522 g/mol. The Morgan fingerprint density at radius 2 is 1.80 bits per heavy atom. The summed E-state index contributed by atoms with van der Waals surface area (Å²) in [5, 5.41) is 9.44. The van der Waals surface area contributed by atoms with Crippen LogP contribution in [-0.4, -0.2) is 80.9 Å². The summed E-state index contributed by atoms with van der Waals surface area (Å²) in [5.74, 6) is -1.31. The summed E-state index contributed by atoms with van der Waals surface area (Å²) in [6.45, 7) is 13.9. The number of unbranched alkanes of at least 4 members (excludes halogenated alkanes) is 3. The number of hydrogen-bond donors (Lipinski definition) is 1. The minimum Gasteiger partial charge on any atom is -0.396 e. The number of likely N-dealkylation sites (tertiary alicyclic amines) is 1. The molecule has 0 aliphatic carbocycles. The Hall–Kier alpha value is -2.58. The van der Waals surface area contributed by atoms with Gasteiger partial charge in [0.05, 0.1) is 16.6 Å². The fourth-order valence-electron chi connectivity index (χ4n) is 7.12. The molecule has 3 fully saturated rings. The van der Waals surface area contributed by atoms with Crippen LogP contribution in [0.5, 0.6) is 0 Å². The lowest BCUT2D eigenvalue weighted by molar-refractivity contribution is -0.143. The smallest absolute Gasteiger partial charge is 0.247 e. The van der Waals surface area contributed by atoms with Gasteiger partial charge in [-0.25, -0.2) is 0 Å². The van der Waals surface area contributed by atoms with E-state index < -0.39 is 27.4 Å². The van der Waals surface area contributed by atoms with Crippen molar-refractivity contribution in [3.05, 3.63) is 55.6 Å². The number of para-hydroxylation sites is 1. The number of benzene rings is 1. The van der Waals surface area contributed by atoms with Gasteiger partial charge in [-0.05, 0) is 51.2 Å². The average Bonchev–Trinajstić information content (AvgIpc) is 3.52. The number of nitrogens with zero attached hydrogens (tertiary/aromatic N) is 3. The van der Waals surface area contributed by atoms with E-state index in [9.17, 15) is 19.5 Å². The lowest BCUT2D eigenvalue weighted by Crippen LogP contribution is -2.55. The van der Waals surface area contributed by atoms with Gasteiger partial charge in [0.2, 0.25) is 17.7 Å². The van der Waals surface area contributed by atoms with Crippen LogP contribution in [0.25, 0.3) is 0 Å². The predicted molar refractivity (Wildman–Crippen MR) is 162 cm³/mol. The van der Waals surface area contributed by atoms with Crippen LogP contribution in [-0.2, 0) is 14.4 Å². The second-order valence-corrected chi connectivity index (χ2v) is 13.4. The molecule has 2 bridgehead atoms. The summed E-state index contributed by atoms with van der Waals surface area (Å²) >= 11 is 1.71. The zero-order chi connectivity index (χ0) is 28.9. The summed E-state index contributed by atoms with van der Waals surface area (Å²) < 4.78 is -1.09. The number of aliphatic hydroxyl groups is 1. The first-order chi connectivity index (χ1) is 19.3. The number of carbonyl (C=O) groups is 3. The number of carbonyl (C=O) groups excluding carboxylic acids is 3. The van der Waals surface area contributed by atoms with E-state index in [1.54, 1.807) is 33.7 Å². The van der Waals surface area contributed by atoms with Crippen molar-refractivity contribution in [3.8, 4) is 0 Å². The van der Waals surface area contributed by atoms with Gasteiger partial charge >= 0.3 is 0 Å². The maximum atomic E-state index is 14.4. The molecule has 8 heteroatoms. The molecule has 3 heterocycles. The summed E-state index contributed by atoms with van der Waals surface area (Å²) in [5.41, 5.74) is 0.781. The van der Waals surface area contributed by atoms with Gasteiger partial charge < -0.3 is 19.8 Å². The van der Waals surface area contributed by atoms with E-state index in [1.807, 2.05) is 35.2 Å². The van der Waals surface area contributed by atoms with E-state index in [-0.39, 0.29) is 24.3 Å². The maximum Gasteiger partial charge on any atom is 0.247 e. The number of anilines is 1. The molecule has 0 aromatic heterocycles. The third-order valence-electron chi connectivity index (χ3n) is 8.92. The van der Waals surface area contributed by atoms with Gasteiger partial charge in [-0.15, -0.1) is 24.9 Å². The van der Waals surface area contributed by atoms with E-state index >= 15 is 0 Å². The molecule has 0 saturated carbocycles. The Bertz CT molecular complexity index is 1100. The number of fused-ring (bicyclic) bond motifs is 1. The van der Waals surface area contributed by atoms with Crippen LogP contribution in [0.15, 0.2) is 55.6 Å².